The lowest BCUT2D eigenvalue weighted by molar-refractivity contribution is -0.376. The lowest BCUT2D eigenvalue weighted by atomic mass is 9.79. The van der Waals surface area contributed by atoms with Crippen molar-refractivity contribution >= 4 is 0 Å². The first-order valence-corrected chi connectivity index (χ1v) is 4.70. The van der Waals surface area contributed by atoms with Gasteiger partial charge in [-0.15, -0.1) is 0 Å². The van der Waals surface area contributed by atoms with E-state index in [0.717, 1.165) is 24.8 Å². The van der Waals surface area contributed by atoms with E-state index < -0.39 is 5.60 Å². The maximum absolute atomic E-state index is 10.4. The highest BCUT2D eigenvalue weighted by atomic mass is 17.1. The Balaban J connectivity index is 2.54. The number of rotatable bonds is 3. The Morgan fingerprint density at radius 3 is 2.77 bits per heavy atom. The Morgan fingerprint density at radius 2 is 2.38 bits per heavy atom. The Labute approximate surface area is 79.0 Å². The molecular formula is C10H17O3. The summed E-state index contributed by atoms with van der Waals surface area (Å²) in [5.74, 6) is 0.278. The third-order valence-corrected chi connectivity index (χ3v) is 2.91. The van der Waals surface area contributed by atoms with Gasteiger partial charge in [0.15, 0.2) is 0 Å². The van der Waals surface area contributed by atoms with Crippen LogP contribution in [0.3, 0.4) is 0 Å². The van der Waals surface area contributed by atoms with Crippen LogP contribution in [0.5, 0.6) is 0 Å². The molecule has 0 amide bonds. The second-order valence-electron chi connectivity index (χ2n) is 4.18. The summed E-state index contributed by atoms with van der Waals surface area (Å²) in [6, 6.07) is 0. The van der Waals surface area contributed by atoms with Crippen LogP contribution in [0.1, 0.15) is 33.1 Å². The fourth-order valence-electron chi connectivity index (χ4n) is 1.73. The molecule has 3 heteroatoms. The standard InChI is InChI=1S/C10H17O3/c1-10(2,13-12)9-5-3-8(7-11)4-6-9/h3,9,11H,4-7H2,1-2H3. The third-order valence-electron chi connectivity index (χ3n) is 2.91. The first-order chi connectivity index (χ1) is 6.10. The molecule has 1 aliphatic rings. The Bertz CT molecular complexity index is 196. The highest BCUT2D eigenvalue weighted by Crippen LogP contribution is 2.33. The average Bonchev–Trinajstić information content (AvgIpc) is 2.18. The van der Waals surface area contributed by atoms with E-state index >= 15 is 0 Å². The molecule has 1 radical (unpaired) electrons. The average molecular weight is 185 g/mol. The van der Waals surface area contributed by atoms with E-state index in [1.54, 1.807) is 0 Å². The smallest absolute Gasteiger partial charge is 0.104 e. The number of aliphatic hydroxyl groups is 1. The molecule has 1 aliphatic carbocycles. The van der Waals surface area contributed by atoms with Gasteiger partial charge in [-0.25, -0.2) is 0 Å². The van der Waals surface area contributed by atoms with Gasteiger partial charge in [0.1, 0.15) is 5.60 Å². The molecule has 0 heterocycles. The van der Waals surface area contributed by atoms with E-state index in [4.69, 9.17) is 5.11 Å². The zero-order valence-electron chi connectivity index (χ0n) is 8.25. The van der Waals surface area contributed by atoms with Crippen LogP contribution in [0.4, 0.5) is 0 Å². The minimum Gasteiger partial charge on any atom is -0.392 e. The largest absolute Gasteiger partial charge is 0.392 e. The molecular weight excluding hydrogens is 168 g/mol. The van der Waals surface area contributed by atoms with Crippen molar-refractivity contribution < 1.29 is 15.3 Å². The SMILES string of the molecule is CC(C)(O[O])C1CC=C(CO)CC1. The summed E-state index contributed by atoms with van der Waals surface area (Å²) in [6.07, 6.45) is 4.68. The predicted molar refractivity (Wildman–Crippen MR) is 48.4 cm³/mol. The zero-order valence-corrected chi connectivity index (χ0v) is 8.25. The van der Waals surface area contributed by atoms with Gasteiger partial charge in [-0.1, -0.05) is 6.08 Å². The highest BCUT2D eigenvalue weighted by molar-refractivity contribution is 5.08. The molecule has 13 heavy (non-hydrogen) atoms. The van der Waals surface area contributed by atoms with Gasteiger partial charge in [0.2, 0.25) is 0 Å². The fraction of sp³-hybridized carbons (Fsp3) is 0.800. The van der Waals surface area contributed by atoms with E-state index in [-0.39, 0.29) is 12.5 Å². The minimum absolute atomic E-state index is 0.144. The van der Waals surface area contributed by atoms with Crippen molar-refractivity contribution in [2.45, 2.75) is 38.7 Å². The molecule has 0 aromatic heterocycles. The maximum atomic E-state index is 10.4. The molecule has 1 rings (SSSR count). The van der Waals surface area contributed by atoms with Gasteiger partial charge in [-0.05, 0) is 49.9 Å². The molecule has 1 unspecified atom stereocenters. The van der Waals surface area contributed by atoms with Crippen LogP contribution in [0.2, 0.25) is 0 Å². The molecule has 0 fully saturated rings. The molecule has 0 aromatic carbocycles. The van der Waals surface area contributed by atoms with Crippen molar-refractivity contribution in [1.82, 2.24) is 0 Å². The van der Waals surface area contributed by atoms with Crippen LogP contribution < -0.4 is 0 Å². The summed E-state index contributed by atoms with van der Waals surface area (Å²) in [7, 11) is 0. The van der Waals surface area contributed by atoms with Crippen LogP contribution in [0.25, 0.3) is 0 Å². The summed E-state index contributed by atoms with van der Waals surface area (Å²) in [5, 5.41) is 19.3. The van der Waals surface area contributed by atoms with Crippen molar-refractivity contribution in [3.8, 4) is 0 Å². The Kier molecular flexibility index (Phi) is 3.47. The van der Waals surface area contributed by atoms with Crippen LogP contribution in [0, 0.1) is 5.92 Å². The normalized spacial score (nSPS) is 24.3. The number of hydrogen-bond acceptors (Lipinski definition) is 2. The molecule has 1 atom stereocenters. The molecule has 0 saturated carbocycles. The lowest BCUT2D eigenvalue weighted by Gasteiger charge is -2.32. The molecule has 0 spiro atoms. The van der Waals surface area contributed by atoms with Crippen molar-refractivity contribution in [1.29, 1.82) is 0 Å². The van der Waals surface area contributed by atoms with E-state index in [1.807, 2.05) is 19.9 Å². The van der Waals surface area contributed by atoms with Crippen molar-refractivity contribution in [2.24, 2.45) is 5.92 Å². The molecule has 75 valence electrons. The topological polar surface area (TPSA) is 49.4 Å². The molecule has 0 aromatic rings. The number of hydrogen-bond donors (Lipinski definition) is 1. The predicted octanol–water partition coefficient (Wildman–Crippen LogP) is 1.85. The summed E-state index contributed by atoms with van der Waals surface area (Å²) >= 11 is 0. The van der Waals surface area contributed by atoms with Gasteiger partial charge in [0, 0.05) is 0 Å². The number of aliphatic hydroxyl groups excluding tert-OH is 1. The molecule has 0 aliphatic heterocycles. The van der Waals surface area contributed by atoms with E-state index in [0.29, 0.717) is 0 Å². The first kappa shape index (κ1) is 10.7. The Hall–Kier alpha value is -0.380. The van der Waals surface area contributed by atoms with Crippen LogP contribution in [0.15, 0.2) is 11.6 Å². The second kappa shape index (κ2) is 4.22. The molecule has 0 saturated heterocycles. The number of allylic oxidation sites excluding steroid dienone is 1. The zero-order chi connectivity index (χ0) is 9.90. The summed E-state index contributed by atoms with van der Waals surface area (Å²) in [5.41, 5.74) is 0.496. The quantitative estimate of drug-likeness (QED) is 0.414. The van der Waals surface area contributed by atoms with Crippen molar-refractivity contribution in [3.63, 3.8) is 0 Å². The summed E-state index contributed by atoms with van der Waals surface area (Å²) in [4.78, 5) is 4.20. The van der Waals surface area contributed by atoms with Gasteiger partial charge in [0.25, 0.3) is 0 Å². The van der Waals surface area contributed by atoms with Crippen molar-refractivity contribution in [3.05, 3.63) is 11.6 Å². The Morgan fingerprint density at radius 1 is 1.69 bits per heavy atom. The van der Waals surface area contributed by atoms with E-state index in [2.05, 4.69) is 4.89 Å². The monoisotopic (exact) mass is 185 g/mol. The van der Waals surface area contributed by atoms with Gasteiger partial charge < -0.3 is 5.11 Å². The van der Waals surface area contributed by atoms with Crippen molar-refractivity contribution in [2.75, 3.05) is 6.61 Å². The van der Waals surface area contributed by atoms with Gasteiger partial charge in [-0.2, -0.15) is 4.89 Å². The van der Waals surface area contributed by atoms with E-state index in [1.165, 1.54) is 0 Å². The summed E-state index contributed by atoms with van der Waals surface area (Å²) in [6.45, 7) is 3.79. The molecule has 1 N–H and O–H groups in total. The van der Waals surface area contributed by atoms with Gasteiger partial charge in [0.05, 0.1) is 6.61 Å². The van der Waals surface area contributed by atoms with Crippen LogP contribution >= 0.6 is 0 Å². The second-order valence-corrected chi connectivity index (χ2v) is 4.18. The molecule has 0 bridgehead atoms. The van der Waals surface area contributed by atoms with Gasteiger partial charge in [-0.3, -0.25) is 0 Å². The lowest BCUT2D eigenvalue weighted by Crippen LogP contribution is -2.34. The van der Waals surface area contributed by atoms with E-state index in [9.17, 15) is 5.26 Å². The fourth-order valence-corrected chi connectivity index (χ4v) is 1.73. The maximum Gasteiger partial charge on any atom is 0.104 e. The summed E-state index contributed by atoms with van der Waals surface area (Å²) < 4.78 is 0. The van der Waals surface area contributed by atoms with Gasteiger partial charge >= 0.3 is 0 Å². The van der Waals surface area contributed by atoms with Crippen LogP contribution in [-0.4, -0.2) is 17.3 Å². The van der Waals surface area contributed by atoms with Crippen LogP contribution in [-0.2, 0) is 10.1 Å². The first-order valence-electron chi connectivity index (χ1n) is 4.70. The minimum atomic E-state index is -0.586. The highest BCUT2D eigenvalue weighted by Gasteiger charge is 2.32. The molecule has 3 nitrogen and oxygen atoms in total. The third kappa shape index (κ3) is 2.53.